The van der Waals surface area contributed by atoms with Crippen molar-refractivity contribution in [2.75, 3.05) is 24.7 Å². The summed E-state index contributed by atoms with van der Waals surface area (Å²) >= 11 is 0. The molecule has 0 saturated heterocycles. The van der Waals surface area contributed by atoms with Crippen LogP contribution in [0.2, 0.25) is 0 Å². The van der Waals surface area contributed by atoms with Crippen LogP contribution < -0.4 is 20.7 Å². The van der Waals surface area contributed by atoms with E-state index in [0.29, 0.717) is 38.7 Å². The number of rotatable bonds is 10. The maximum Gasteiger partial charge on any atom is 0.336 e. The number of hydrogen-bond acceptors (Lipinski definition) is 6. The molecular weight excluding hydrogens is 670 g/mol. The highest BCUT2D eigenvalue weighted by Gasteiger charge is 2.22. The van der Waals surface area contributed by atoms with Crippen LogP contribution in [0.25, 0.3) is 43.1 Å². The Morgan fingerprint density at radius 2 is 1.11 bits per heavy atom. The van der Waals surface area contributed by atoms with Crippen molar-refractivity contribution in [1.29, 1.82) is 0 Å². The van der Waals surface area contributed by atoms with Crippen LogP contribution in [0.4, 0.5) is 11.4 Å². The van der Waals surface area contributed by atoms with E-state index in [-0.39, 0.29) is 22.3 Å². The molecule has 0 bridgehead atoms. The number of aryl methyl sites for hydroxylation is 1. The Labute approximate surface area is 304 Å². The summed E-state index contributed by atoms with van der Waals surface area (Å²) in [4.78, 5) is 50.9. The SMILES string of the molecule is CCCc1ccc(Oc2c3ccc(NC)cc3cc3cc(NC(=O)c4cc5ccc6cc(C(=O)NC)c(C(=O)O)cc6c5cc4C(=O)O)ccc23)cc1. The van der Waals surface area contributed by atoms with Crippen molar-refractivity contribution in [2.24, 2.45) is 0 Å². The third kappa shape index (κ3) is 6.54. The number of fused-ring (bicyclic) bond motifs is 5. The fraction of sp³-hybridized carbons (Fsp3) is 0.116. The lowest BCUT2D eigenvalue weighted by molar-refractivity contribution is 0.0683. The zero-order valence-electron chi connectivity index (χ0n) is 29.2. The minimum Gasteiger partial charge on any atom is -0.478 e. The summed E-state index contributed by atoms with van der Waals surface area (Å²) in [5.74, 6) is -2.46. The normalized spacial score (nSPS) is 11.2. The number of ether oxygens (including phenoxy) is 1. The number of benzene rings is 7. The van der Waals surface area contributed by atoms with Crippen LogP contribution in [-0.2, 0) is 6.42 Å². The van der Waals surface area contributed by atoms with E-state index in [2.05, 4.69) is 35.0 Å². The van der Waals surface area contributed by atoms with Gasteiger partial charge in [-0.25, -0.2) is 9.59 Å². The van der Waals surface area contributed by atoms with Gasteiger partial charge in [0.05, 0.1) is 22.3 Å². The first kappa shape index (κ1) is 34.5. The first-order valence-corrected chi connectivity index (χ1v) is 17.1. The quantitative estimate of drug-likeness (QED) is 0.0698. The van der Waals surface area contributed by atoms with Crippen LogP contribution in [0, 0.1) is 0 Å². The molecule has 264 valence electrons. The van der Waals surface area contributed by atoms with E-state index in [0.717, 1.165) is 40.1 Å². The van der Waals surface area contributed by atoms with Crippen molar-refractivity contribution in [3.05, 3.63) is 131 Å². The summed E-state index contributed by atoms with van der Waals surface area (Å²) < 4.78 is 6.53. The third-order valence-corrected chi connectivity index (χ3v) is 9.42. The van der Waals surface area contributed by atoms with E-state index in [1.165, 1.54) is 36.9 Å². The maximum absolute atomic E-state index is 13.8. The summed E-state index contributed by atoms with van der Waals surface area (Å²) in [6.45, 7) is 2.14. The number of carbonyl (C=O) groups is 4. The van der Waals surface area contributed by atoms with Crippen LogP contribution in [0.3, 0.4) is 0 Å². The molecule has 0 heterocycles. The topological polar surface area (TPSA) is 154 Å². The van der Waals surface area contributed by atoms with Crippen LogP contribution in [-0.4, -0.2) is 48.1 Å². The van der Waals surface area contributed by atoms with Crippen molar-refractivity contribution in [3.63, 3.8) is 0 Å². The minimum atomic E-state index is -1.33. The molecule has 0 atom stereocenters. The molecule has 0 aliphatic carbocycles. The van der Waals surface area contributed by atoms with Crippen LogP contribution in [0.5, 0.6) is 11.5 Å². The molecule has 7 aromatic rings. The number of carboxylic acids is 2. The summed E-state index contributed by atoms with van der Waals surface area (Å²) in [7, 11) is 3.26. The Morgan fingerprint density at radius 1 is 0.566 bits per heavy atom. The van der Waals surface area contributed by atoms with Gasteiger partial charge in [-0.3, -0.25) is 9.59 Å². The van der Waals surface area contributed by atoms with E-state index in [4.69, 9.17) is 4.74 Å². The van der Waals surface area contributed by atoms with Crippen molar-refractivity contribution in [1.82, 2.24) is 5.32 Å². The summed E-state index contributed by atoms with van der Waals surface area (Å²) in [6.07, 6.45) is 2.03. The van der Waals surface area contributed by atoms with Crippen LogP contribution >= 0.6 is 0 Å². The van der Waals surface area contributed by atoms with E-state index in [1.807, 2.05) is 55.6 Å². The van der Waals surface area contributed by atoms with Gasteiger partial charge in [0.25, 0.3) is 11.8 Å². The van der Waals surface area contributed by atoms with Crippen molar-refractivity contribution in [2.45, 2.75) is 19.8 Å². The van der Waals surface area contributed by atoms with E-state index < -0.39 is 23.8 Å². The van der Waals surface area contributed by atoms with Crippen LogP contribution in [0.15, 0.2) is 103 Å². The first-order chi connectivity index (χ1) is 25.6. The lowest BCUT2D eigenvalue weighted by Gasteiger charge is -2.16. The molecule has 0 aromatic heterocycles. The molecular formula is C43H35N3O7. The number of amides is 2. The molecule has 0 saturated carbocycles. The molecule has 10 nitrogen and oxygen atoms in total. The molecule has 0 unspecified atom stereocenters. The number of anilines is 2. The Morgan fingerprint density at radius 3 is 1.64 bits per heavy atom. The number of carboxylic acid groups (broad SMARTS) is 2. The molecule has 10 heteroatoms. The van der Waals surface area contributed by atoms with Gasteiger partial charge < -0.3 is 30.9 Å². The second-order valence-corrected chi connectivity index (χ2v) is 12.8. The van der Waals surface area contributed by atoms with Gasteiger partial charge in [-0.2, -0.15) is 0 Å². The Hall–Kier alpha value is -6.94. The van der Waals surface area contributed by atoms with Crippen molar-refractivity contribution < 1.29 is 34.1 Å². The van der Waals surface area contributed by atoms with Gasteiger partial charge in [0.15, 0.2) is 0 Å². The lowest BCUT2D eigenvalue weighted by Crippen LogP contribution is -2.21. The van der Waals surface area contributed by atoms with Gasteiger partial charge in [-0.15, -0.1) is 0 Å². The average molecular weight is 706 g/mol. The second-order valence-electron chi connectivity index (χ2n) is 12.8. The van der Waals surface area contributed by atoms with Gasteiger partial charge in [0.1, 0.15) is 11.5 Å². The smallest absolute Gasteiger partial charge is 0.336 e. The zero-order valence-corrected chi connectivity index (χ0v) is 29.2. The molecule has 5 N–H and O–H groups in total. The maximum atomic E-state index is 13.8. The van der Waals surface area contributed by atoms with Gasteiger partial charge >= 0.3 is 11.9 Å². The van der Waals surface area contributed by atoms with Gasteiger partial charge in [-0.05, 0) is 123 Å². The highest BCUT2D eigenvalue weighted by Crippen LogP contribution is 2.40. The Bertz CT molecular complexity index is 2650. The van der Waals surface area contributed by atoms with Crippen LogP contribution in [0.1, 0.15) is 60.3 Å². The zero-order chi connectivity index (χ0) is 37.4. The predicted octanol–water partition coefficient (Wildman–Crippen LogP) is 9.09. The third-order valence-electron chi connectivity index (χ3n) is 9.42. The molecule has 7 rings (SSSR count). The molecule has 0 aliphatic rings. The van der Waals surface area contributed by atoms with Crippen molar-refractivity contribution >= 4 is 78.2 Å². The Kier molecular flexibility index (Phi) is 9.11. The highest BCUT2D eigenvalue weighted by atomic mass is 16.5. The average Bonchev–Trinajstić information content (AvgIpc) is 3.16. The fourth-order valence-corrected chi connectivity index (χ4v) is 6.78. The first-order valence-electron chi connectivity index (χ1n) is 17.1. The van der Waals surface area contributed by atoms with Gasteiger partial charge in [-0.1, -0.05) is 37.6 Å². The van der Waals surface area contributed by atoms with Gasteiger partial charge in [0, 0.05) is 36.2 Å². The fourth-order valence-electron chi connectivity index (χ4n) is 6.78. The molecule has 2 amide bonds. The standard InChI is InChI=1S/C43H35N3O7/c1-4-5-23-6-12-30(13-7-23)53-39-31-14-10-28(44-2)17-26(31)16-27-18-29(11-15-32(27)39)46-41(48)36-20-25-9-8-24-19-35(40(47)45-3)37(42(49)50)21-33(24)34(25)22-38(36)43(51)52/h6-22,44H,4-5H2,1-3H3,(H,45,47)(H,46,48)(H,49,50)(H,51,52). The second kappa shape index (κ2) is 14.0. The molecule has 53 heavy (non-hydrogen) atoms. The predicted molar refractivity (Wildman–Crippen MR) is 208 cm³/mol. The number of nitrogens with one attached hydrogen (secondary N) is 3. The lowest BCUT2D eigenvalue weighted by atomic mass is 9.93. The molecule has 0 spiro atoms. The largest absolute Gasteiger partial charge is 0.478 e. The molecule has 7 aromatic carbocycles. The van der Waals surface area contributed by atoms with E-state index in [9.17, 15) is 29.4 Å². The summed E-state index contributed by atoms with van der Waals surface area (Å²) in [6, 6.07) is 30.6. The van der Waals surface area contributed by atoms with Crippen molar-refractivity contribution in [3.8, 4) is 11.5 Å². The van der Waals surface area contributed by atoms with Gasteiger partial charge in [0.2, 0.25) is 0 Å². The Balaban J connectivity index is 1.28. The number of aromatic carboxylic acids is 2. The van der Waals surface area contributed by atoms with E-state index in [1.54, 1.807) is 18.2 Å². The number of carbonyl (C=O) groups excluding carboxylic acids is 2. The summed E-state index contributed by atoms with van der Waals surface area (Å²) in [5.41, 5.74) is 2.02. The molecule has 0 fully saturated rings. The number of hydrogen-bond donors (Lipinski definition) is 5. The monoisotopic (exact) mass is 705 g/mol. The minimum absolute atomic E-state index is 0.0214. The molecule has 0 radical (unpaired) electrons. The molecule has 0 aliphatic heterocycles. The summed E-state index contributed by atoms with van der Waals surface area (Å²) in [5, 5.41) is 34.0. The highest BCUT2D eigenvalue weighted by molar-refractivity contribution is 6.19. The van der Waals surface area contributed by atoms with E-state index >= 15 is 0 Å².